The van der Waals surface area contributed by atoms with E-state index in [1.54, 1.807) is 11.1 Å². The molecule has 0 unspecified atom stereocenters. The van der Waals surface area contributed by atoms with Crippen molar-refractivity contribution >= 4 is 34.7 Å². The predicted octanol–water partition coefficient (Wildman–Crippen LogP) is 3.13. The molecule has 5 aromatic rings. The minimum absolute atomic E-state index is 0.0497. The lowest BCUT2D eigenvalue weighted by atomic mass is 10.0. The van der Waals surface area contributed by atoms with Crippen molar-refractivity contribution in [2.75, 3.05) is 32.8 Å². The molecule has 2 aliphatic rings. The third-order valence-electron chi connectivity index (χ3n) is 8.65. The normalized spacial score (nSPS) is 14.7. The summed E-state index contributed by atoms with van der Waals surface area (Å²) >= 11 is 0. The molecule has 0 aliphatic carbocycles. The second-order valence-electron chi connectivity index (χ2n) is 13.6. The van der Waals surface area contributed by atoms with E-state index < -0.39 is 23.1 Å². The van der Waals surface area contributed by atoms with Crippen molar-refractivity contribution in [1.29, 1.82) is 0 Å². The Bertz CT molecular complexity index is 2270. The van der Waals surface area contributed by atoms with Gasteiger partial charge in [-0.25, -0.2) is 14.8 Å². The standard InChI is InChI=1S/C27H33FN6O5.C9H6FN3O2/c1-27(2,3)39-26(36)34(17-18-14-21-22(15-29-18)38-13-12-37-21)19-6-8-32(9-7-19)10-11-33-24(35)16-30-20-4-5-23(28)31-25(20)33;10-7-2-1-6-9(12-7)13(3-4-14)8(15)5-11-6/h4-5,14-16,19H,6-13,17H2,1-3H3;1-2,4-5H,3H2. The largest absolute Gasteiger partial charge is 0.486 e. The van der Waals surface area contributed by atoms with Crippen LogP contribution >= 0.6 is 0 Å². The van der Waals surface area contributed by atoms with Gasteiger partial charge >= 0.3 is 6.09 Å². The van der Waals surface area contributed by atoms with E-state index >= 15 is 0 Å². The minimum atomic E-state index is -0.713. The summed E-state index contributed by atoms with van der Waals surface area (Å²) in [5, 5.41) is 0. The molecule has 7 heterocycles. The Morgan fingerprint density at radius 1 is 0.870 bits per heavy atom. The third-order valence-corrected chi connectivity index (χ3v) is 8.65. The van der Waals surface area contributed by atoms with Crippen molar-refractivity contribution < 1.29 is 32.6 Å². The van der Waals surface area contributed by atoms with Crippen molar-refractivity contribution in [2.24, 2.45) is 0 Å². The Morgan fingerprint density at radius 2 is 1.46 bits per heavy atom. The van der Waals surface area contributed by atoms with Gasteiger partial charge in [-0.05, 0) is 57.9 Å². The van der Waals surface area contributed by atoms with Crippen LogP contribution in [0.4, 0.5) is 13.6 Å². The van der Waals surface area contributed by atoms with Gasteiger partial charge in [0.1, 0.15) is 36.1 Å². The van der Waals surface area contributed by atoms with Crippen LogP contribution in [0.1, 0.15) is 39.3 Å². The molecule has 0 spiro atoms. The highest BCUT2D eigenvalue weighted by atomic mass is 19.1. The molecule has 7 rings (SSSR count). The molecule has 5 aromatic heterocycles. The number of amides is 1. The van der Waals surface area contributed by atoms with Crippen LogP contribution in [-0.2, 0) is 29.2 Å². The second-order valence-corrected chi connectivity index (χ2v) is 13.6. The molecule has 1 amide bonds. The number of rotatable bonds is 8. The maximum Gasteiger partial charge on any atom is 0.410 e. The van der Waals surface area contributed by atoms with E-state index in [0.717, 1.165) is 42.8 Å². The monoisotopic (exact) mass is 747 g/mol. The van der Waals surface area contributed by atoms with Gasteiger partial charge in [0.2, 0.25) is 11.9 Å². The van der Waals surface area contributed by atoms with Crippen LogP contribution in [0.5, 0.6) is 11.5 Å². The number of hydrogen-bond donors (Lipinski definition) is 0. The van der Waals surface area contributed by atoms with Crippen molar-refractivity contribution in [3.63, 3.8) is 0 Å². The van der Waals surface area contributed by atoms with Gasteiger partial charge in [-0.1, -0.05) is 0 Å². The van der Waals surface area contributed by atoms with Crippen LogP contribution in [0.2, 0.25) is 0 Å². The van der Waals surface area contributed by atoms with E-state index in [2.05, 4.69) is 29.8 Å². The topological polar surface area (TPSA) is 177 Å². The highest BCUT2D eigenvalue weighted by Gasteiger charge is 2.32. The summed E-state index contributed by atoms with van der Waals surface area (Å²) < 4.78 is 46.1. The number of halogens is 2. The maximum absolute atomic E-state index is 13.7. The third kappa shape index (κ3) is 9.17. The Morgan fingerprint density at radius 3 is 2.07 bits per heavy atom. The summed E-state index contributed by atoms with van der Waals surface area (Å²) in [6, 6.07) is 7.05. The van der Waals surface area contributed by atoms with Gasteiger partial charge in [0, 0.05) is 38.3 Å². The number of piperidine rings is 1. The lowest BCUT2D eigenvalue weighted by Gasteiger charge is -2.39. The molecular weight excluding hydrogens is 708 g/mol. The van der Waals surface area contributed by atoms with E-state index in [4.69, 9.17) is 14.2 Å². The zero-order valence-corrected chi connectivity index (χ0v) is 30.0. The maximum atomic E-state index is 13.7. The fraction of sp³-hybridized carbons (Fsp3) is 0.417. The first-order valence-electron chi connectivity index (χ1n) is 17.3. The van der Waals surface area contributed by atoms with E-state index in [1.165, 1.54) is 29.0 Å². The van der Waals surface area contributed by atoms with Crippen LogP contribution < -0.4 is 20.6 Å². The van der Waals surface area contributed by atoms with E-state index in [1.807, 2.05) is 26.8 Å². The Hall–Kier alpha value is -5.91. The summed E-state index contributed by atoms with van der Waals surface area (Å²) in [6.45, 7) is 9.00. The van der Waals surface area contributed by atoms with Crippen LogP contribution in [0.25, 0.3) is 22.3 Å². The summed E-state index contributed by atoms with van der Waals surface area (Å²) in [6.07, 6.45) is 5.55. The average molecular weight is 748 g/mol. The van der Waals surface area contributed by atoms with E-state index in [9.17, 15) is 28.0 Å². The molecule has 284 valence electrons. The molecule has 0 aromatic carbocycles. The molecule has 16 nitrogen and oxygen atoms in total. The average Bonchev–Trinajstić information content (AvgIpc) is 3.14. The second kappa shape index (κ2) is 16.4. The smallest absolute Gasteiger partial charge is 0.410 e. The van der Waals surface area contributed by atoms with Crippen LogP contribution in [-0.4, -0.2) is 101 Å². The summed E-state index contributed by atoms with van der Waals surface area (Å²) in [5.41, 5.74) is 0.412. The summed E-state index contributed by atoms with van der Waals surface area (Å²) in [4.78, 5) is 71.1. The SMILES string of the molecule is CC(C)(C)OC(=O)N(Cc1cc2c(cn1)OCCO2)C1CCN(CCn2c(=O)cnc3ccc(F)nc32)CC1.O=CCn1c(=O)cnc2ccc(F)nc21. The lowest BCUT2D eigenvalue weighted by Crippen LogP contribution is -2.49. The highest BCUT2D eigenvalue weighted by Crippen LogP contribution is 2.30. The molecule has 54 heavy (non-hydrogen) atoms. The Labute approximate surface area is 307 Å². The molecule has 0 bridgehead atoms. The van der Waals surface area contributed by atoms with Gasteiger partial charge in [0.05, 0.1) is 37.4 Å². The summed E-state index contributed by atoms with van der Waals surface area (Å²) in [5.74, 6) is -0.145. The quantitative estimate of drug-likeness (QED) is 0.167. The van der Waals surface area contributed by atoms with Crippen molar-refractivity contribution in [3.8, 4) is 11.5 Å². The zero-order chi connectivity index (χ0) is 38.4. The van der Waals surface area contributed by atoms with Crippen molar-refractivity contribution in [2.45, 2.75) is 64.9 Å². The molecule has 1 saturated heterocycles. The molecule has 0 radical (unpaired) electrons. The van der Waals surface area contributed by atoms with Crippen LogP contribution in [0.3, 0.4) is 0 Å². The van der Waals surface area contributed by atoms with E-state index in [-0.39, 0.29) is 42.1 Å². The number of carbonyl (C=O) groups is 2. The molecule has 1 fully saturated rings. The Balaban J connectivity index is 0.000000276. The number of fused-ring (bicyclic) bond motifs is 3. The number of carbonyl (C=O) groups excluding carboxylic acids is 2. The number of pyridine rings is 3. The number of nitrogens with zero attached hydrogens (tertiary/aromatic N) is 9. The van der Waals surface area contributed by atoms with Gasteiger partial charge in [-0.15, -0.1) is 0 Å². The summed E-state index contributed by atoms with van der Waals surface area (Å²) in [7, 11) is 0. The fourth-order valence-electron chi connectivity index (χ4n) is 6.11. The van der Waals surface area contributed by atoms with Crippen LogP contribution in [0, 0.1) is 11.9 Å². The first-order valence-corrected chi connectivity index (χ1v) is 17.3. The molecular formula is C36H39F2N9O7. The molecule has 0 saturated carbocycles. The number of aromatic nitrogens is 7. The first kappa shape index (κ1) is 37.8. The fourth-order valence-corrected chi connectivity index (χ4v) is 6.11. The van der Waals surface area contributed by atoms with Crippen molar-refractivity contribution in [1.82, 2.24) is 43.9 Å². The predicted molar refractivity (Wildman–Crippen MR) is 190 cm³/mol. The Kier molecular flexibility index (Phi) is 11.5. The number of ether oxygens (including phenoxy) is 3. The van der Waals surface area contributed by atoms with Gasteiger partial charge in [0.15, 0.2) is 22.8 Å². The number of likely N-dealkylation sites (tertiary alicyclic amines) is 1. The first-order chi connectivity index (χ1) is 25.9. The molecule has 2 aliphatic heterocycles. The van der Waals surface area contributed by atoms with Gasteiger partial charge in [-0.2, -0.15) is 18.7 Å². The van der Waals surface area contributed by atoms with Gasteiger partial charge in [-0.3, -0.25) is 28.6 Å². The van der Waals surface area contributed by atoms with E-state index in [0.29, 0.717) is 60.8 Å². The number of hydrogen-bond acceptors (Lipinski definition) is 13. The zero-order valence-electron chi connectivity index (χ0n) is 30.0. The molecule has 18 heteroatoms. The number of aldehydes is 1. The minimum Gasteiger partial charge on any atom is -0.486 e. The van der Waals surface area contributed by atoms with Gasteiger partial charge in [0.25, 0.3) is 11.1 Å². The molecule has 0 atom stereocenters. The highest BCUT2D eigenvalue weighted by molar-refractivity contribution is 5.71. The van der Waals surface area contributed by atoms with Crippen molar-refractivity contribution in [3.05, 3.63) is 87.2 Å². The molecule has 0 N–H and O–H groups in total. The van der Waals surface area contributed by atoms with Crippen LogP contribution in [0.15, 0.2) is 58.5 Å². The van der Waals surface area contributed by atoms with Gasteiger partial charge < -0.3 is 23.9 Å². The lowest BCUT2D eigenvalue weighted by molar-refractivity contribution is -0.108.